The van der Waals surface area contributed by atoms with Crippen molar-refractivity contribution in [3.8, 4) is 0 Å². The molecular weight excluding hydrogens is 533 g/mol. The zero-order chi connectivity index (χ0) is 28.8. The SMILES string of the molecule is Cc1cc2ccccc2c2c1op(N(C(C)c1ccccc1)C(C)c1ccccc1)oc1c(C)cc3ccccc3c12. The lowest BCUT2D eigenvalue weighted by Crippen LogP contribution is -2.27. The van der Waals surface area contributed by atoms with E-state index in [0.717, 1.165) is 33.1 Å². The third-order valence-corrected chi connectivity index (χ3v) is 10.3. The highest BCUT2D eigenvalue weighted by Gasteiger charge is 2.29. The first-order valence-electron chi connectivity index (χ1n) is 14.6. The summed E-state index contributed by atoms with van der Waals surface area (Å²) >= 11 is 0. The fourth-order valence-corrected chi connectivity index (χ4v) is 8.17. The van der Waals surface area contributed by atoms with E-state index < -0.39 is 8.16 Å². The number of benzene rings is 6. The third kappa shape index (κ3) is 4.50. The molecule has 0 aliphatic carbocycles. The molecule has 2 atom stereocenters. The predicted octanol–water partition coefficient (Wildman–Crippen LogP) is 11.7. The summed E-state index contributed by atoms with van der Waals surface area (Å²) in [4.78, 5) is 0. The number of rotatable bonds is 5. The summed E-state index contributed by atoms with van der Waals surface area (Å²) in [6.07, 6.45) is 0. The van der Waals surface area contributed by atoms with Crippen LogP contribution in [0.25, 0.3) is 43.5 Å². The smallest absolute Gasteiger partial charge is 0.310 e. The second-order valence-electron chi connectivity index (χ2n) is 11.2. The Morgan fingerprint density at radius 1 is 0.524 bits per heavy atom. The summed E-state index contributed by atoms with van der Waals surface area (Å²) in [5.74, 6) is 0. The Morgan fingerprint density at radius 2 is 0.905 bits per heavy atom. The van der Waals surface area contributed by atoms with Crippen LogP contribution in [0.3, 0.4) is 0 Å². The van der Waals surface area contributed by atoms with E-state index in [0.29, 0.717) is 0 Å². The van der Waals surface area contributed by atoms with Gasteiger partial charge in [0.05, 0.1) is 0 Å². The Kier molecular flexibility index (Phi) is 6.86. The van der Waals surface area contributed by atoms with Gasteiger partial charge in [0.25, 0.3) is 0 Å². The fourth-order valence-electron chi connectivity index (χ4n) is 6.33. The Morgan fingerprint density at radius 3 is 1.33 bits per heavy atom. The van der Waals surface area contributed by atoms with Crippen LogP contribution < -0.4 is 4.67 Å². The summed E-state index contributed by atoms with van der Waals surface area (Å²) in [5.41, 5.74) is 6.48. The maximum Gasteiger partial charge on any atom is 0.310 e. The van der Waals surface area contributed by atoms with Crippen molar-refractivity contribution in [3.63, 3.8) is 0 Å². The van der Waals surface area contributed by atoms with Crippen LogP contribution in [0.1, 0.15) is 48.2 Å². The van der Waals surface area contributed by atoms with E-state index in [9.17, 15) is 0 Å². The molecule has 0 saturated carbocycles. The number of fused-ring (bicyclic) bond motifs is 7. The normalized spacial score (nSPS) is 13.3. The van der Waals surface area contributed by atoms with Crippen LogP contribution in [-0.2, 0) is 0 Å². The van der Waals surface area contributed by atoms with Crippen LogP contribution >= 0.6 is 8.16 Å². The zero-order valence-corrected chi connectivity index (χ0v) is 25.3. The lowest BCUT2D eigenvalue weighted by molar-refractivity contribution is 0.557. The van der Waals surface area contributed by atoms with Gasteiger partial charge in [-0.2, -0.15) is 4.67 Å². The zero-order valence-electron chi connectivity index (χ0n) is 24.4. The number of hydrogen-bond acceptors (Lipinski definition) is 3. The molecule has 208 valence electrons. The first kappa shape index (κ1) is 26.6. The molecule has 2 unspecified atom stereocenters. The molecule has 0 amide bonds. The minimum absolute atomic E-state index is 0.0408. The standard InChI is InChI=1S/C38H34NO2P/c1-25-23-31-19-11-13-21-33(31)35-36-34-22-14-12-20-32(34)24-26(2)38(36)41-42(40-37(25)35)39(27(3)29-15-7-5-8-16-29)28(4)30-17-9-6-10-18-30/h5-24,27-28H,1-4H3. The van der Waals surface area contributed by atoms with Crippen LogP contribution in [0.2, 0.25) is 0 Å². The van der Waals surface area contributed by atoms with E-state index in [1.165, 1.54) is 32.7 Å². The number of hydrogen-bond donors (Lipinski definition) is 0. The van der Waals surface area contributed by atoms with Gasteiger partial charge in [0.15, 0.2) is 0 Å². The molecule has 0 radical (unpaired) electrons. The average molecular weight is 568 g/mol. The van der Waals surface area contributed by atoms with Gasteiger partial charge in [-0.05, 0) is 83.6 Å². The Labute approximate surface area is 247 Å². The Hall–Kier alpha value is -4.30. The van der Waals surface area contributed by atoms with Gasteiger partial charge in [-0.1, -0.05) is 109 Å². The molecule has 42 heavy (non-hydrogen) atoms. The van der Waals surface area contributed by atoms with E-state index in [-0.39, 0.29) is 12.1 Å². The van der Waals surface area contributed by atoms with E-state index in [1.54, 1.807) is 0 Å². The first-order chi connectivity index (χ1) is 20.5. The predicted molar refractivity (Wildman–Crippen MR) is 179 cm³/mol. The van der Waals surface area contributed by atoms with E-state index in [1.807, 2.05) is 0 Å². The molecule has 0 spiro atoms. The summed E-state index contributed by atoms with van der Waals surface area (Å²) in [5, 5.41) is 6.98. The molecule has 1 aromatic heterocycles. The second kappa shape index (κ2) is 10.8. The van der Waals surface area contributed by atoms with Crippen molar-refractivity contribution < 1.29 is 8.39 Å². The maximum atomic E-state index is 7.20. The van der Waals surface area contributed by atoms with Crippen molar-refractivity contribution in [1.29, 1.82) is 0 Å². The maximum absolute atomic E-state index is 7.20. The van der Waals surface area contributed by atoms with Gasteiger partial charge in [-0.25, -0.2) is 0 Å². The van der Waals surface area contributed by atoms with Crippen molar-refractivity contribution in [2.75, 3.05) is 4.67 Å². The summed E-state index contributed by atoms with van der Waals surface area (Å²) < 4.78 is 16.8. The molecule has 7 aromatic rings. The topological polar surface area (TPSA) is 29.5 Å². The van der Waals surface area contributed by atoms with Gasteiger partial charge in [0, 0.05) is 22.9 Å². The molecule has 6 aromatic carbocycles. The lowest BCUT2D eigenvalue weighted by Gasteiger charge is -2.31. The van der Waals surface area contributed by atoms with E-state index in [4.69, 9.17) is 8.39 Å². The Balaban J connectivity index is 1.65. The molecule has 3 nitrogen and oxygen atoms in total. The van der Waals surface area contributed by atoms with E-state index in [2.05, 4.69) is 154 Å². The number of aryl methyl sites for hydroxylation is 2. The molecule has 7 rings (SSSR count). The van der Waals surface area contributed by atoms with Gasteiger partial charge in [0.1, 0.15) is 11.2 Å². The largest absolute Gasteiger partial charge is 0.407 e. The molecule has 0 bridgehead atoms. The van der Waals surface area contributed by atoms with Crippen LogP contribution in [0.15, 0.2) is 130 Å². The van der Waals surface area contributed by atoms with Gasteiger partial charge >= 0.3 is 8.16 Å². The third-order valence-electron chi connectivity index (χ3n) is 8.51. The Bertz CT molecular complexity index is 1950. The summed E-state index contributed by atoms with van der Waals surface area (Å²) in [6.45, 7) is 8.84. The average Bonchev–Trinajstić information content (AvgIpc) is 3.21. The molecule has 4 heteroatoms. The van der Waals surface area contributed by atoms with Crippen molar-refractivity contribution in [3.05, 3.63) is 144 Å². The quantitative estimate of drug-likeness (QED) is 0.207. The summed E-state index contributed by atoms with van der Waals surface area (Å²) in [7, 11) is -1.57. The first-order valence-corrected chi connectivity index (χ1v) is 15.7. The minimum Gasteiger partial charge on any atom is -0.407 e. The van der Waals surface area contributed by atoms with Crippen molar-refractivity contribution in [1.82, 2.24) is 0 Å². The molecule has 0 N–H and O–H groups in total. The second-order valence-corrected chi connectivity index (χ2v) is 12.5. The highest BCUT2D eigenvalue weighted by Crippen LogP contribution is 2.49. The van der Waals surface area contributed by atoms with Gasteiger partial charge in [-0.3, -0.25) is 0 Å². The van der Waals surface area contributed by atoms with Crippen LogP contribution in [0.4, 0.5) is 0 Å². The van der Waals surface area contributed by atoms with Gasteiger partial charge < -0.3 is 8.39 Å². The molecule has 0 aliphatic rings. The highest BCUT2D eigenvalue weighted by molar-refractivity contribution is 7.39. The van der Waals surface area contributed by atoms with Crippen LogP contribution in [0, 0.1) is 13.8 Å². The van der Waals surface area contributed by atoms with Crippen molar-refractivity contribution in [2.24, 2.45) is 0 Å². The van der Waals surface area contributed by atoms with Gasteiger partial charge in [0.2, 0.25) is 0 Å². The van der Waals surface area contributed by atoms with E-state index >= 15 is 0 Å². The molecule has 0 fully saturated rings. The van der Waals surface area contributed by atoms with Crippen LogP contribution in [-0.4, -0.2) is 0 Å². The lowest BCUT2D eigenvalue weighted by atomic mass is 9.95. The highest BCUT2D eigenvalue weighted by atomic mass is 31.1. The summed E-state index contributed by atoms with van der Waals surface area (Å²) in [6, 6.07) is 43.2. The molecule has 1 heterocycles. The molecule has 0 saturated heterocycles. The molecule has 0 aliphatic heterocycles. The van der Waals surface area contributed by atoms with Crippen LogP contribution in [0.5, 0.6) is 0 Å². The monoisotopic (exact) mass is 567 g/mol. The molecular formula is C38H34NO2P. The van der Waals surface area contributed by atoms with Gasteiger partial charge in [-0.15, -0.1) is 0 Å². The fraction of sp³-hybridized carbons (Fsp3) is 0.158. The minimum atomic E-state index is -1.57. The van der Waals surface area contributed by atoms with Crippen molar-refractivity contribution >= 4 is 51.6 Å². The number of nitrogens with zero attached hydrogens (tertiary/aromatic N) is 1. The van der Waals surface area contributed by atoms with Crippen molar-refractivity contribution in [2.45, 2.75) is 39.8 Å².